The van der Waals surface area contributed by atoms with Crippen molar-refractivity contribution in [3.63, 3.8) is 0 Å². The molecule has 0 bridgehead atoms. The van der Waals surface area contributed by atoms with Crippen molar-refractivity contribution in [2.45, 2.75) is 44.4 Å². The second kappa shape index (κ2) is 8.19. The lowest BCUT2D eigenvalue weighted by Gasteiger charge is -2.37. The molecule has 0 N–H and O–H groups in total. The molecule has 0 saturated carbocycles. The van der Waals surface area contributed by atoms with Gasteiger partial charge in [-0.15, -0.1) is 0 Å². The molecule has 2 fully saturated rings. The van der Waals surface area contributed by atoms with Crippen LogP contribution in [0.25, 0.3) is 0 Å². The van der Waals surface area contributed by atoms with Crippen molar-refractivity contribution in [1.29, 1.82) is 0 Å². The molecule has 6 nitrogen and oxygen atoms in total. The van der Waals surface area contributed by atoms with Crippen LogP contribution in [0.2, 0.25) is 0 Å². The van der Waals surface area contributed by atoms with Crippen LogP contribution in [0.1, 0.15) is 38.2 Å². The molecule has 1 aromatic carbocycles. The molecule has 3 rings (SSSR count). The number of rotatable bonds is 4. The van der Waals surface area contributed by atoms with Gasteiger partial charge < -0.3 is 9.64 Å². The fourth-order valence-corrected chi connectivity index (χ4v) is 5.74. The lowest BCUT2D eigenvalue weighted by Crippen LogP contribution is -2.48. The first-order valence-electron chi connectivity index (χ1n) is 9.76. The maximum Gasteiger partial charge on any atom is 0.246 e. The number of piperidine rings is 2. The van der Waals surface area contributed by atoms with Gasteiger partial charge in [-0.2, -0.15) is 4.31 Å². The third-order valence-corrected chi connectivity index (χ3v) is 7.65. The average Bonchev–Trinajstić information content (AvgIpc) is 2.68. The summed E-state index contributed by atoms with van der Waals surface area (Å²) < 4.78 is 33.2. The van der Waals surface area contributed by atoms with Gasteiger partial charge in [-0.3, -0.25) is 4.79 Å². The molecular formula is C20H30N2O4S. The highest BCUT2D eigenvalue weighted by Crippen LogP contribution is 2.31. The number of nitrogens with zero attached hydrogens (tertiary/aromatic N) is 2. The molecule has 7 heteroatoms. The van der Waals surface area contributed by atoms with Crippen LogP contribution in [0.4, 0.5) is 0 Å². The zero-order valence-electron chi connectivity index (χ0n) is 16.5. The van der Waals surface area contributed by atoms with Crippen molar-refractivity contribution in [2.75, 3.05) is 33.3 Å². The molecule has 150 valence electrons. The fourth-order valence-electron chi connectivity index (χ4n) is 3.97. The molecule has 2 aliphatic rings. The lowest BCUT2D eigenvalue weighted by molar-refractivity contribution is -0.138. The van der Waals surface area contributed by atoms with Gasteiger partial charge in [0.15, 0.2) is 0 Å². The number of carbonyl (C=O) groups is 1. The topological polar surface area (TPSA) is 66.9 Å². The van der Waals surface area contributed by atoms with Crippen LogP contribution in [0.15, 0.2) is 23.1 Å². The summed E-state index contributed by atoms with van der Waals surface area (Å²) in [7, 11) is -2.22. The number of sulfonamides is 1. The number of amides is 1. The number of likely N-dealkylation sites (tertiary alicyclic amines) is 1. The summed E-state index contributed by atoms with van der Waals surface area (Å²) in [4.78, 5) is 15.0. The summed E-state index contributed by atoms with van der Waals surface area (Å²) in [5, 5.41) is 0. The number of hydrogen-bond acceptors (Lipinski definition) is 4. The standard InChI is InChI=1S/C20H30N2O4S/c1-15-8-11-21(12-9-15)20(23)17-5-4-10-22(14-17)27(24,25)19-13-16(2)6-7-18(19)26-3/h6-7,13,15,17H,4-5,8-12,14H2,1-3H3/t17-/m0/s1. The van der Waals surface area contributed by atoms with Gasteiger partial charge >= 0.3 is 0 Å². The minimum absolute atomic E-state index is 0.109. The van der Waals surface area contributed by atoms with Gasteiger partial charge in [-0.05, 0) is 56.2 Å². The van der Waals surface area contributed by atoms with Gasteiger partial charge in [0.2, 0.25) is 15.9 Å². The van der Waals surface area contributed by atoms with Gasteiger partial charge in [0.05, 0.1) is 13.0 Å². The lowest BCUT2D eigenvalue weighted by atomic mass is 9.94. The van der Waals surface area contributed by atoms with Crippen LogP contribution in [0.5, 0.6) is 5.75 Å². The van der Waals surface area contributed by atoms with Crippen LogP contribution in [0.3, 0.4) is 0 Å². The number of benzene rings is 1. The molecule has 2 heterocycles. The first-order chi connectivity index (χ1) is 12.8. The summed E-state index contributed by atoms with van der Waals surface area (Å²) >= 11 is 0. The van der Waals surface area contributed by atoms with E-state index in [-0.39, 0.29) is 23.3 Å². The van der Waals surface area contributed by atoms with Crippen molar-refractivity contribution in [1.82, 2.24) is 9.21 Å². The van der Waals surface area contributed by atoms with Gasteiger partial charge in [0.1, 0.15) is 10.6 Å². The molecule has 2 saturated heterocycles. The Bertz CT molecular complexity index is 785. The highest BCUT2D eigenvalue weighted by molar-refractivity contribution is 7.89. The van der Waals surface area contributed by atoms with E-state index in [0.29, 0.717) is 24.6 Å². The first-order valence-corrected chi connectivity index (χ1v) is 11.2. The molecule has 0 unspecified atom stereocenters. The molecule has 1 amide bonds. The Morgan fingerprint density at radius 2 is 1.85 bits per heavy atom. The maximum atomic E-state index is 13.2. The molecule has 2 aliphatic heterocycles. The van der Waals surface area contributed by atoms with Crippen LogP contribution < -0.4 is 4.74 Å². The largest absolute Gasteiger partial charge is 0.495 e. The third-order valence-electron chi connectivity index (χ3n) is 5.77. The minimum Gasteiger partial charge on any atom is -0.495 e. The quantitative estimate of drug-likeness (QED) is 0.787. The van der Waals surface area contributed by atoms with E-state index < -0.39 is 10.0 Å². The zero-order valence-corrected chi connectivity index (χ0v) is 17.3. The molecule has 1 atom stereocenters. The number of carbonyl (C=O) groups excluding carboxylic acids is 1. The molecule has 1 aromatic rings. The van der Waals surface area contributed by atoms with Gasteiger partial charge in [-0.25, -0.2) is 8.42 Å². The highest BCUT2D eigenvalue weighted by atomic mass is 32.2. The van der Waals surface area contributed by atoms with Crippen LogP contribution in [0, 0.1) is 18.8 Å². The van der Waals surface area contributed by atoms with E-state index in [0.717, 1.165) is 37.9 Å². The van der Waals surface area contributed by atoms with E-state index in [9.17, 15) is 13.2 Å². The monoisotopic (exact) mass is 394 g/mol. The van der Waals surface area contributed by atoms with Crippen LogP contribution in [-0.4, -0.2) is 56.8 Å². The van der Waals surface area contributed by atoms with Crippen molar-refractivity contribution >= 4 is 15.9 Å². The number of ether oxygens (including phenoxy) is 1. The van der Waals surface area contributed by atoms with Crippen molar-refractivity contribution in [3.8, 4) is 5.75 Å². The Morgan fingerprint density at radius 1 is 1.15 bits per heavy atom. The molecule has 0 aromatic heterocycles. The van der Waals surface area contributed by atoms with Crippen molar-refractivity contribution in [3.05, 3.63) is 23.8 Å². The third kappa shape index (κ3) is 4.29. The Labute approximate surface area is 162 Å². The number of methoxy groups -OCH3 is 1. The summed E-state index contributed by atoms with van der Waals surface area (Å²) in [6.45, 7) is 6.35. The second-order valence-electron chi connectivity index (χ2n) is 7.86. The van der Waals surface area contributed by atoms with E-state index in [1.807, 2.05) is 17.9 Å². The Hall–Kier alpha value is -1.60. The Kier molecular flexibility index (Phi) is 6.11. The van der Waals surface area contributed by atoms with E-state index in [2.05, 4.69) is 6.92 Å². The summed E-state index contributed by atoms with van der Waals surface area (Å²) in [5.74, 6) is 0.862. The Balaban J connectivity index is 1.77. The van der Waals surface area contributed by atoms with Gasteiger partial charge in [0.25, 0.3) is 0 Å². The maximum absolute atomic E-state index is 13.2. The molecule has 0 aliphatic carbocycles. The summed E-state index contributed by atoms with van der Waals surface area (Å²) in [5.41, 5.74) is 0.862. The fraction of sp³-hybridized carbons (Fsp3) is 0.650. The molecular weight excluding hydrogens is 364 g/mol. The predicted molar refractivity (Wildman–Crippen MR) is 104 cm³/mol. The Morgan fingerprint density at radius 3 is 2.52 bits per heavy atom. The van der Waals surface area contributed by atoms with E-state index in [4.69, 9.17) is 4.74 Å². The number of hydrogen-bond donors (Lipinski definition) is 0. The zero-order chi connectivity index (χ0) is 19.6. The summed E-state index contributed by atoms with van der Waals surface area (Å²) in [6.07, 6.45) is 3.51. The van der Waals surface area contributed by atoms with Crippen molar-refractivity contribution in [2.24, 2.45) is 11.8 Å². The minimum atomic E-state index is -3.70. The van der Waals surface area contributed by atoms with Gasteiger partial charge in [0, 0.05) is 26.2 Å². The normalized spacial score (nSPS) is 22.6. The second-order valence-corrected chi connectivity index (χ2v) is 9.77. The van der Waals surface area contributed by atoms with E-state index in [1.165, 1.54) is 11.4 Å². The van der Waals surface area contributed by atoms with Crippen molar-refractivity contribution < 1.29 is 17.9 Å². The average molecular weight is 395 g/mol. The first kappa shape index (κ1) is 20.1. The summed E-state index contributed by atoms with van der Waals surface area (Å²) in [6, 6.07) is 5.16. The van der Waals surface area contributed by atoms with E-state index in [1.54, 1.807) is 12.1 Å². The smallest absolute Gasteiger partial charge is 0.246 e. The molecule has 27 heavy (non-hydrogen) atoms. The molecule has 0 radical (unpaired) electrons. The van der Waals surface area contributed by atoms with Crippen LogP contribution in [-0.2, 0) is 14.8 Å². The van der Waals surface area contributed by atoms with Crippen LogP contribution >= 0.6 is 0 Å². The predicted octanol–water partition coefficient (Wildman–Crippen LogP) is 2.66. The number of aryl methyl sites for hydroxylation is 1. The SMILES string of the molecule is COc1ccc(C)cc1S(=O)(=O)N1CCC[C@H](C(=O)N2CCC(C)CC2)C1. The highest BCUT2D eigenvalue weighted by Gasteiger charge is 2.36. The molecule has 0 spiro atoms. The van der Waals surface area contributed by atoms with Gasteiger partial charge in [-0.1, -0.05) is 13.0 Å². The van der Waals surface area contributed by atoms with E-state index >= 15 is 0 Å².